The molecule has 0 aliphatic rings. The quantitative estimate of drug-likeness (QED) is 0.663. The van der Waals surface area contributed by atoms with E-state index in [0.29, 0.717) is 11.7 Å². The van der Waals surface area contributed by atoms with Gasteiger partial charge < -0.3 is 10.6 Å². The maximum atomic E-state index is 5.36. The van der Waals surface area contributed by atoms with Crippen molar-refractivity contribution in [2.45, 2.75) is 33.4 Å². The molecule has 130 valence electrons. The van der Waals surface area contributed by atoms with Gasteiger partial charge in [0, 0.05) is 30.2 Å². The molecule has 2 aromatic heterocycles. The van der Waals surface area contributed by atoms with Crippen molar-refractivity contribution in [3.8, 4) is 0 Å². The van der Waals surface area contributed by atoms with Gasteiger partial charge in [0.15, 0.2) is 5.11 Å². The number of rotatable bonds is 6. The molecule has 6 nitrogen and oxygen atoms in total. The summed E-state index contributed by atoms with van der Waals surface area (Å²) >= 11 is 5.36. The van der Waals surface area contributed by atoms with Gasteiger partial charge in [0.25, 0.3) is 0 Å². The maximum absolute atomic E-state index is 5.36. The van der Waals surface area contributed by atoms with Crippen LogP contribution in [0.25, 0.3) is 0 Å². The van der Waals surface area contributed by atoms with Gasteiger partial charge in [0.2, 0.25) is 0 Å². The lowest BCUT2D eigenvalue weighted by molar-refractivity contribution is 0.654. The van der Waals surface area contributed by atoms with Crippen molar-refractivity contribution in [3.05, 3.63) is 60.2 Å². The van der Waals surface area contributed by atoms with Gasteiger partial charge in [0.05, 0.1) is 24.6 Å². The molecule has 0 aliphatic carbocycles. The fraction of sp³-hybridized carbons (Fsp3) is 0.278. The zero-order valence-corrected chi connectivity index (χ0v) is 15.3. The minimum Gasteiger partial charge on any atom is -0.332 e. The summed E-state index contributed by atoms with van der Waals surface area (Å²) in [5.74, 6) is 0. The molecule has 0 spiro atoms. The predicted molar refractivity (Wildman–Crippen MR) is 105 cm³/mol. The lowest BCUT2D eigenvalue weighted by Crippen LogP contribution is -2.18. The van der Waals surface area contributed by atoms with Crippen molar-refractivity contribution in [1.29, 1.82) is 0 Å². The molecule has 0 aliphatic heterocycles. The van der Waals surface area contributed by atoms with Crippen molar-refractivity contribution in [2.75, 3.05) is 10.6 Å². The van der Waals surface area contributed by atoms with Crippen LogP contribution in [0.4, 0.5) is 11.4 Å². The molecule has 0 amide bonds. The molecule has 0 fully saturated rings. The Morgan fingerprint density at radius 1 is 0.920 bits per heavy atom. The molecule has 0 saturated carbocycles. The molecular formula is C18H22N6S. The van der Waals surface area contributed by atoms with Gasteiger partial charge in [0.1, 0.15) is 0 Å². The molecule has 2 heterocycles. The molecule has 2 N–H and O–H groups in total. The van der Waals surface area contributed by atoms with E-state index in [1.807, 2.05) is 40.1 Å². The number of hydrogen-bond acceptors (Lipinski definition) is 3. The van der Waals surface area contributed by atoms with Crippen LogP contribution in [0.1, 0.15) is 25.0 Å². The van der Waals surface area contributed by atoms with E-state index in [1.165, 1.54) is 5.56 Å². The highest BCUT2D eigenvalue weighted by Gasteiger charge is 2.04. The van der Waals surface area contributed by atoms with Crippen LogP contribution in [-0.4, -0.2) is 24.7 Å². The average molecular weight is 354 g/mol. The largest absolute Gasteiger partial charge is 0.332 e. The summed E-state index contributed by atoms with van der Waals surface area (Å²) in [7, 11) is 0. The van der Waals surface area contributed by atoms with E-state index >= 15 is 0 Å². The second-order valence-corrected chi connectivity index (χ2v) is 6.17. The van der Waals surface area contributed by atoms with Gasteiger partial charge in [-0.3, -0.25) is 9.36 Å². The first-order valence-electron chi connectivity index (χ1n) is 8.37. The molecule has 0 saturated heterocycles. The van der Waals surface area contributed by atoms with Gasteiger partial charge in [-0.1, -0.05) is 19.1 Å². The van der Waals surface area contributed by atoms with Crippen molar-refractivity contribution in [3.63, 3.8) is 0 Å². The van der Waals surface area contributed by atoms with Crippen LogP contribution in [-0.2, 0) is 19.5 Å². The minimum absolute atomic E-state index is 0.544. The summed E-state index contributed by atoms with van der Waals surface area (Å²) in [6.45, 7) is 5.75. The number of anilines is 2. The van der Waals surface area contributed by atoms with E-state index in [2.05, 4.69) is 46.8 Å². The van der Waals surface area contributed by atoms with Crippen molar-refractivity contribution < 1.29 is 0 Å². The van der Waals surface area contributed by atoms with Crippen LogP contribution >= 0.6 is 12.2 Å². The minimum atomic E-state index is 0.544. The Bertz CT molecular complexity index is 833. The zero-order chi connectivity index (χ0) is 17.6. The third kappa shape index (κ3) is 4.67. The smallest absolute Gasteiger partial charge is 0.175 e. The Morgan fingerprint density at radius 3 is 2.32 bits per heavy atom. The number of hydrogen-bond donors (Lipinski definition) is 2. The lowest BCUT2D eigenvalue weighted by Gasteiger charge is -2.09. The van der Waals surface area contributed by atoms with Gasteiger partial charge in [-0.25, -0.2) is 0 Å². The van der Waals surface area contributed by atoms with Gasteiger partial charge in [-0.05, 0) is 43.3 Å². The summed E-state index contributed by atoms with van der Waals surface area (Å²) in [4.78, 5) is 0. The Morgan fingerprint density at radius 2 is 1.64 bits per heavy atom. The van der Waals surface area contributed by atoms with Gasteiger partial charge in [-0.15, -0.1) is 0 Å². The summed E-state index contributed by atoms with van der Waals surface area (Å²) in [6.07, 6.45) is 8.61. The highest BCUT2D eigenvalue weighted by atomic mass is 32.1. The number of thiocarbonyl (C=S) groups is 1. The van der Waals surface area contributed by atoms with Crippen molar-refractivity contribution in [1.82, 2.24) is 19.6 Å². The average Bonchev–Trinajstić information content (AvgIpc) is 3.25. The maximum Gasteiger partial charge on any atom is 0.175 e. The second-order valence-electron chi connectivity index (χ2n) is 5.76. The van der Waals surface area contributed by atoms with Crippen LogP contribution in [0.5, 0.6) is 0 Å². The van der Waals surface area contributed by atoms with E-state index in [9.17, 15) is 0 Å². The van der Waals surface area contributed by atoms with Crippen molar-refractivity contribution in [2.24, 2.45) is 0 Å². The Hall–Kier alpha value is -2.67. The van der Waals surface area contributed by atoms with Gasteiger partial charge in [-0.2, -0.15) is 10.2 Å². The highest BCUT2D eigenvalue weighted by molar-refractivity contribution is 7.80. The second kappa shape index (κ2) is 7.94. The van der Waals surface area contributed by atoms with Crippen LogP contribution in [0.3, 0.4) is 0 Å². The molecule has 0 bridgehead atoms. The summed E-state index contributed by atoms with van der Waals surface area (Å²) in [5.41, 5.74) is 4.24. The van der Waals surface area contributed by atoms with E-state index in [-0.39, 0.29) is 0 Å². The molecule has 0 atom stereocenters. The highest BCUT2D eigenvalue weighted by Crippen LogP contribution is 2.12. The molecule has 1 aromatic carbocycles. The van der Waals surface area contributed by atoms with Crippen LogP contribution in [0.2, 0.25) is 0 Å². The molecule has 0 radical (unpaired) electrons. The third-order valence-corrected chi connectivity index (χ3v) is 4.07. The third-order valence-electron chi connectivity index (χ3n) is 3.87. The molecule has 3 aromatic rings. The number of benzene rings is 1. The fourth-order valence-electron chi connectivity index (χ4n) is 2.48. The normalized spacial score (nSPS) is 10.6. The van der Waals surface area contributed by atoms with E-state index in [1.54, 1.807) is 6.20 Å². The number of aromatic nitrogens is 4. The predicted octanol–water partition coefficient (Wildman–Crippen LogP) is 3.52. The Kier molecular flexibility index (Phi) is 5.45. The number of nitrogens with zero attached hydrogens (tertiary/aromatic N) is 4. The molecule has 3 rings (SSSR count). The molecule has 7 heteroatoms. The van der Waals surface area contributed by atoms with Crippen LogP contribution in [0, 0.1) is 0 Å². The van der Waals surface area contributed by atoms with Crippen LogP contribution < -0.4 is 10.6 Å². The standard InChI is InChI=1S/C18H22N6S/c1-3-14-5-7-16(8-6-14)21-18(25)22-17-10-20-24(13-17)12-15-9-19-23(4-2)11-15/h5-11,13H,3-4,12H2,1-2H3,(H2,21,22,25). The summed E-state index contributed by atoms with van der Waals surface area (Å²) < 4.78 is 3.76. The Labute approximate surface area is 152 Å². The van der Waals surface area contributed by atoms with Crippen molar-refractivity contribution >= 4 is 28.7 Å². The summed E-state index contributed by atoms with van der Waals surface area (Å²) in [6, 6.07) is 8.25. The fourth-order valence-corrected chi connectivity index (χ4v) is 2.72. The van der Waals surface area contributed by atoms with Gasteiger partial charge >= 0.3 is 0 Å². The number of nitrogens with one attached hydrogen (secondary N) is 2. The monoisotopic (exact) mass is 354 g/mol. The first-order chi connectivity index (χ1) is 12.2. The van der Waals surface area contributed by atoms with E-state index < -0.39 is 0 Å². The SMILES string of the molecule is CCc1ccc(NC(=S)Nc2cnn(Cc3cnn(CC)c3)c2)cc1. The van der Waals surface area contributed by atoms with E-state index in [4.69, 9.17) is 12.2 Å². The van der Waals surface area contributed by atoms with E-state index in [0.717, 1.165) is 29.9 Å². The molecule has 25 heavy (non-hydrogen) atoms. The number of aryl methyl sites for hydroxylation is 2. The van der Waals surface area contributed by atoms with Crippen LogP contribution in [0.15, 0.2) is 49.1 Å². The lowest BCUT2D eigenvalue weighted by atomic mass is 10.1. The summed E-state index contributed by atoms with van der Waals surface area (Å²) in [5, 5.41) is 15.5. The topological polar surface area (TPSA) is 59.7 Å². The Balaban J connectivity index is 1.55. The first kappa shape index (κ1) is 17.2. The first-order valence-corrected chi connectivity index (χ1v) is 8.78. The zero-order valence-electron chi connectivity index (χ0n) is 14.4. The molecular weight excluding hydrogens is 332 g/mol. The molecule has 0 unspecified atom stereocenters.